The Morgan fingerprint density at radius 1 is 0.893 bits per heavy atom. The molecular weight excluding hydrogens is 372 g/mol. The van der Waals surface area contributed by atoms with Gasteiger partial charge in [-0.3, -0.25) is 4.98 Å². The molecule has 0 fully saturated rings. The van der Waals surface area contributed by atoms with Gasteiger partial charge in [-0.05, 0) is 42.2 Å². The lowest BCUT2D eigenvalue weighted by atomic mass is 9.95. The van der Waals surface area contributed by atoms with Crippen molar-refractivity contribution in [3.63, 3.8) is 0 Å². The van der Waals surface area contributed by atoms with Crippen molar-refractivity contribution in [2.75, 3.05) is 6.54 Å². The van der Waals surface area contributed by atoms with Crippen LogP contribution in [0.3, 0.4) is 0 Å². The van der Waals surface area contributed by atoms with Gasteiger partial charge in [0.2, 0.25) is 10.0 Å². The normalized spacial score (nSPS) is 21.2. The third-order valence-electron chi connectivity index (χ3n) is 5.22. The fourth-order valence-electron chi connectivity index (χ4n) is 3.77. The van der Waals surface area contributed by atoms with Crippen LogP contribution in [-0.2, 0) is 22.9 Å². The molecule has 0 unspecified atom stereocenters. The molecule has 5 nitrogen and oxygen atoms in total. The standard InChI is InChI=1S/C22H22N2O3S/c25-22-19-8-4-5-9-21(19)28(26,27)24(15-12-17-6-2-1-3-7-17)20(22)16-18-10-13-23-14-11-18/h1-11,13-14,20,22,25H,12,15-16H2/t20-,22+/m0/s1. The van der Waals surface area contributed by atoms with Crippen molar-refractivity contribution in [3.05, 3.63) is 95.8 Å². The van der Waals surface area contributed by atoms with E-state index in [9.17, 15) is 13.5 Å². The zero-order valence-corrected chi connectivity index (χ0v) is 16.2. The number of benzene rings is 2. The first-order valence-corrected chi connectivity index (χ1v) is 10.7. The fraction of sp³-hybridized carbons (Fsp3) is 0.227. The van der Waals surface area contributed by atoms with Crippen LogP contribution in [0.25, 0.3) is 0 Å². The van der Waals surface area contributed by atoms with Crippen LogP contribution < -0.4 is 0 Å². The quantitative estimate of drug-likeness (QED) is 0.722. The second-order valence-corrected chi connectivity index (χ2v) is 8.82. The monoisotopic (exact) mass is 394 g/mol. The van der Waals surface area contributed by atoms with Crippen LogP contribution in [0, 0.1) is 0 Å². The van der Waals surface area contributed by atoms with Gasteiger partial charge in [0.15, 0.2) is 0 Å². The maximum atomic E-state index is 13.4. The van der Waals surface area contributed by atoms with Crippen LogP contribution in [0.2, 0.25) is 0 Å². The van der Waals surface area contributed by atoms with Crippen molar-refractivity contribution in [3.8, 4) is 0 Å². The number of hydrogen-bond donors (Lipinski definition) is 1. The highest BCUT2D eigenvalue weighted by molar-refractivity contribution is 7.89. The molecule has 0 saturated heterocycles. The Morgan fingerprint density at radius 3 is 2.32 bits per heavy atom. The summed E-state index contributed by atoms with van der Waals surface area (Å²) in [6.07, 6.45) is 3.49. The zero-order chi connectivity index (χ0) is 19.6. The van der Waals surface area contributed by atoms with E-state index < -0.39 is 22.2 Å². The summed E-state index contributed by atoms with van der Waals surface area (Å²) in [5.74, 6) is 0. The van der Waals surface area contributed by atoms with Gasteiger partial charge in [-0.15, -0.1) is 0 Å². The molecule has 0 saturated carbocycles. The number of aromatic nitrogens is 1. The Kier molecular flexibility index (Phi) is 5.26. The van der Waals surface area contributed by atoms with Crippen molar-refractivity contribution in [1.82, 2.24) is 9.29 Å². The lowest BCUT2D eigenvalue weighted by Crippen LogP contribution is -2.49. The van der Waals surface area contributed by atoms with Gasteiger partial charge in [-0.1, -0.05) is 48.5 Å². The van der Waals surface area contributed by atoms with Crippen molar-refractivity contribution in [1.29, 1.82) is 0 Å². The van der Waals surface area contributed by atoms with E-state index in [4.69, 9.17) is 0 Å². The van der Waals surface area contributed by atoms with E-state index in [-0.39, 0.29) is 4.90 Å². The summed E-state index contributed by atoms with van der Waals surface area (Å²) in [6, 6.07) is 19.7. The topological polar surface area (TPSA) is 70.5 Å². The van der Waals surface area contributed by atoms with Gasteiger partial charge in [-0.25, -0.2) is 8.42 Å². The van der Waals surface area contributed by atoms with Gasteiger partial charge in [0, 0.05) is 24.5 Å². The van der Waals surface area contributed by atoms with E-state index in [0.29, 0.717) is 24.9 Å². The predicted molar refractivity (Wildman–Crippen MR) is 107 cm³/mol. The maximum Gasteiger partial charge on any atom is 0.243 e. The molecular formula is C22H22N2O3S. The Balaban J connectivity index is 1.71. The Morgan fingerprint density at radius 2 is 1.57 bits per heavy atom. The first-order chi connectivity index (χ1) is 13.6. The van der Waals surface area contributed by atoms with Crippen LogP contribution in [0.5, 0.6) is 0 Å². The number of aliphatic hydroxyl groups is 1. The van der Waals surface area contributed by atoms with Crippen molar-refractivity contribution in [2.24, 2.45) is 0 Å². The van der Waals surface area contributed by atoms with E-state index in [0.717, 1.165) is 11.1 Å². The average Bonchev–Trinajstić information content (AvgIpc) is 2.73. The summed E-state index contributed by atoms with van der Waals surface area (Å²) in [7, 11) is -3.70. The molecule has 2 atom stereocenters. The van der Waals surface area contributed by atoms with Crippen LogP contribution in [0.15, 0.2) is 84.0 Å². The molecule has 1 aliphatic heterocycles. The minimum atomic E-state index is -3.70. The number of pyridine rings is 1. The Bertz CT molecular complexity index is 1040. The lowest BCUT2D eigenvalue weighted by molar-refractivity contribution is 0.0800. The first-order valence-electron chi connectivity index (χ1n) is 9.29. The largest absolute Gasteiger partial charge is 0.387 e. The van der Waals surface area contributed by atoms with Crippen molar-refractivity contribution >= 4 is 10.0 Å². The summed E-state index contributed by atoms with van der Waals surface area (Å²) in [4.78, 5) is 4.22. The molecule has 0 radical (unpaired) electrons. The zero-order valence-electron chi connectivity index (χ0n) is 15.3. The van der Waals surface area contributed by atoms with Crippen molar-refractivity contribution in [2.45, 2.75) is 29.9 Å². The summed E-state index contributed by atoms with van der Waals surface area (Å²) >= 11 is 0. The molecule has 0 amide bonds. The molecule has 0 spiro atoms. The lowest BCUT2D eigenvalue weighted by Gasteiger charge is -2.39. The highest BCUT2D eigenvalue weighted by atomic mass is 32.2. The van der Waals surface area contributed by atoms with E-state index in [2.05, 4.69) is 4.98 Å². The predicted octanol–water partition coefficient (Wildman–Crippen LogP) is 2.97. The summed E-state index contributed by atoms with van der Waals surface area (Å²) in [5, 5.41) is 11.1. The summed E-state index contributed by atoms with van der Waals surface area (Å²) < 4.78 is 28.2. The second-order valence-electron chi connectivity index (χ2n) is 6.96. The van der Waals surface area contributed by atoms with Gasteiger partial charge in [0.25, 0.3) is 0 Å². The summed E-state index contributed by atoms with van der Waals surface area (Å²) in [6.45, 7) is 0.313. The second kappa shape index (κ2) is 7.83. The molecule has 0 aliphatic carbocycles. The molecule has 1 aliphatic rings. The van der Waals surface area contributed by atoms with Crippen LogP contribution in [0.4, 0.5) is 0 Å². The maximum absolute atomic E-state index is 13.4. The van der Waals surface area contributed by atoms with Crippen LogP contribution >= 0.6 is 0 Å². The van der Waals surface area contributed by atoms with Gasteiger partial charge >= 0.3 is 0 Å². The highest BCUT2D eigenvalue weighted by Gasteiger charge is 2.43. The third kappa shape index (κ3) is 3.58. The molecule has 4 rings (SSSR count). The molecule has 2 aromatic carbocycles. The minimum Gasteiger partial charge on any atom is -0.387 e. The molecule has 1 aromatic heterocycles. The summed E-state index contributed by atoms with van der Waals surface area (Å²) in [5.41, 5.74) is 2.48. The average molecular weight is 394 g/mol. The Hall–Kier alpha value is -2.54. The minimum absolute atomic E-state index is 0.196. The highest BCUT2D eigenvalue weighted by Crippen LogP contribution is 2.38. The number of aliphatic hydroxyl groups excluding tert-OH is 1. The third-order valence-corrected chi connectivity index (χ3v) is 7.21. The molecule has 6 heteroatoms. The number of sulfonamides is 1. The number of fused-ring (bicyclic) bond motifs is 1. The van der Waals surface area contributed by atoms with Crippen molar-refractivity contribution < 1.29 is 13.5 Å². The van der Waals surface area contributed by atoms with Gasteiger partial charge < -0.3 is 5.11 Å². The SMILES string of the molecule is O=S1(=O)c2ccccc2[C@@H](O)[C@H](Cc2ccncc2)N1CCc1ccccc1. The van der Waals surface area contributed by atoms with E-state index >= 15 is 0 Å². The van der Waals surface area contributed by atoms with E-state index in [1.54, 1.807) is 36.7 Å². The fourth-order valence-corrected chi connectivity index (χ4v) is 5.64. The number of nitrogens with zero attached hydrogens (tertiary/aromatic N) is 2. The van der Waals surface area contributed by atoms with Gasteiger partial charge in [0.05, 0.1) is 17.0 Å². The number of rotatable bonds is 5. The molecule has 144 valence electrons. The Labute approximate surface area is 165 Å². The molecule has 2 heterocycles. The molecule has 3 aromatic rings. The molecule has 1 N–H and O–H groups in total. The smallest absolute Gasteiger partial charge is 0.243 e. The van der Waals surface area contributed by atoms with E-state index in [1.807, 2.05) is 42.5 Å². The molecule has 0 bridgehead atoms. The van der Waals surface area contributed by atoms with Crippen LogP contribution in [0.1, 0.15) is 22.8 Å². The van der Waals surface area contributed by atoms with Crippen LogP contribution in [-0.4, -0.2) is 35.4 Å². The van der Waals surface area contributed by atoms with Gasteiger partial charge in [-0.2, -0.15) is 4.31 Å². The number of hydrogen-bond acceptors (Lipinski definition) is 4. The van der Waals surface area contributed by atoms with E-state index in [1.165, 1.54) is 4.31 Å². The molecule has 28 heavy (non-hydrogen) atoms. The first kappa shape index (κ1) is 18.8. The van der Waals surface area contributed by atoms with Gasteiger partial charge in [0.1, 0.15) is 0 Å².